The number of aromatic nitrogens is 4. The van der Waals surface area contributed by atoms with Gasteiger partial charge in [0.15, 0.2) is 11.5 Å². The molecule has 3 heterocycles. The lowest BCUT2D eigenvalue weighted by molar-refractivity contribution is 0.0921. The minimum atomic E-state index is -0.110. The van der Waals surface area contributed by atoms with E-state index in [2.05, 4.69) is 26.5 Å². The van der Waals surface area contributed by atoms with Gasteiger partial charge in [-0.25, -0.2) is 9.97 Å². The predicted molar refractivity (Wildman–Crippen MR) is 82.7 cm³/mol. The van der Waals surface area contributed by atoms with E-state index in [9.17, 15) is 4.79 Å². The van der Waals surface area contributed by atoms with Crippen LogP contribution < -0.4 is 10.2 Å². The molecule has 2 aromatic heterocycles. The molecule has 0 unspecified atom stereocenters. The summed E-state index contributed by atoms with van der Waals surface area (Å²) in [5.74, 6) is 0.507. The molecule has 23 heavy (non-hydrogen) atoms. The fourth-order valence-corrected chi connectivity index (χ4v) is 2.73. The molecule has 0 spiro atoms. The fraction of sp³-hybridized carbons (Fsp3) is 0.400. The Morgan fingerprint density at radius 3 is 2.70 bits per heavy atom. The van der Waals surface area contributed by atoms with Crippen molar-refractivity contribution in [3.8, 4) is 6.07 Å². The largest absolute Gasteiger partial charge is 0.354 e. The summed E-state index contributed by atoms with van der Waals surface area (Å²) in [4.78, 5) is 22.5. The van der Waals surface area contributed by atoms with Crippen LogP contribution in [0.5, 0.6) is 0 Å². The van der Waals surface area contributed by atoms with E-state index < -0.39 is 0 Å². The van der Waals surface area contributed by atoms with Crippen LogP contribution in [-0.2, 0) is 7.05 Å². The third-order valence-electron chi connectivity index (χ3n) is 3.97. The van der Waals surface area contributed by atoms with Gasteiger partial charge in [-0.1, -0.05) is 0 Å². The van der Waals surface area contributed by atoms with Crippen molar-refractivity contribution in [1.29, 1.82) is 5.26 Å². The molecule has 118 valence electrons. The molecule has 1 saturated heterocycles. The first kappa shape index (κ1) is 15.0. The number of carbonyl (C=O) groups excluding carboxylic acids is 1. The van der Waals surface area contributed by atoms with Crippen molar-refractivity contribution in [3.63, 3.8) is 0 Å². The van der Waals surface area contributed by atoms with Crippen molar-refractivity contribution >= 4 is 11.7 Å². The predicted octanol–water partition coefficient (Wildman–Crippen LogP) is 0.481. The fourth-order valence-electron chi connectivity index (χ4n) is 2.73. The summed E-state index contributed by atoms with van der Waals surface area (Å²) in [6.07, 6.45) is 6.31. The third-order valence-corrected chi connectivity index (χ3v) is 3.97. The van der Waals surface area contributed by atoms with E-state index in [1.54, 1.807) is 30.2 Å². The van der Waals surface area contributed by atoms with Crippen molar-refractivity contribution < 1.29 is 4.79 Å². The van der Waals surface area contributed by atoms with Crippen molar-refractivity contribution in [3.05, 3.63) is 36.0 Å². The zero-order valence-corrected chi connectivity index (χ0v) is 12.8. The molecule has 1 amide bonds. The van der Waals surface area contributed by atoms with Crippen LogP contribution in [0.2, 0.25) is 0 Å². The number of nitriles is 1. The number of aryl methyl sites for hydroxylation is 1. The lowest BCUT2D eigenvalue weighted by Gasteiger charge is -2.33. The van der Waals surface area contributed by atoms with Crippen molar-refractivity contribution in [2.75, 3.05) is 18.0 Å². The molecule has 0 radical (unpaired) electrons. The van der Waals surface area contributed by atoms with E-state index in [0.29, 0.717) is 17.2 Å². The molecule has 1 aliphatic rings. The second-order valence-corrected chi connectivity index (χ2v) is 5.42. The lowest BCUT2D eigenvalue weighted by Crippen LogP contribution is -2.45. The highest BCUT2D eigenvalue weighted by atomic mass is 16.2. The van der Waals surface area contributed by atoms with Crippen LogP contribution in [0, 0.1) is 11.3 Å². The van der Waals surface area contributed by atoms with Gasteiger partial charge in [0.1, 0.15) is 11.8 Å². The molecule has 0 aliphatic carbocycles. The van der Waals surface area contributed by atoms with Gasteiger partial charge in [-0.15, -0.1) is 0 Å². The van der Waals surface area contributed by atoms with Crippen LogP contribution in [0.4, 0.5) is 5.82 Å². The summed E-state index contributed by atoms with van der Waals surface area (Å²) < 4.78 is 1.56. The van der Waals surface area contributed by atoms with Crippen LogP contribution in [0.15, 0.2) is 24.7 Å². The Hall–Kier alpha value is -2.95. The number of nitrogens with one attached hydrogen (secondary N) is 1. The third kappa shape index (κ3) is 3.13. The summed E-state index contributed by atoms with van der Waals surface area (Å²) in [7, 11) is 1.75. The standard InChI is InChI=1S/C15H17N7O/c1-21-13(2-5-19-21)15(23)20-11-3-8-22(9-4-11)14-12(10-16)17-6-7-18-14/h2,5-7,11H,3-4,8-9H2,1H3,(H,20,23). The highest BCUT2D eigenvalue weighted by Crippen LogP contribution is 2.20. The molecular weight excluding hydrogens is 294 g/mol. The Balaban J connectivity index is 1.60. The summed E-state index contributed by atoms with van der Waals surface area (Å²) in [5.41, 5.74) is 0.887. The molecule has 0 bridgehead atoms. The van der Waals surface area contributed by atoms with E-state index in [1.165, 1.54) is 6.20 Å². The highest BCUT2D eigenvalue weighted by molar-refractivity contribution is 5.92. The molecule has 2 aromatic rings. The number of nitrogens with zero attached hydrogens (tertiary/aromatic N) is 6. The van der Waals surface area contributed by atoms with Gasteiger partial charge < -0.3 is 10.2 Å². The first-order chi connectivity index (χ1) is 11.2. The highest BCUT2D eigenvalue weighted by Gasteiger charge is 2.24. The van der Waals surface area contributed by atoms with Gasteiger partial charge in [0, 0.05) is 44.8 Å². The maximum Gasteiger partial charge on any atom is 0.269 e. The van der Waals surface area contributed by atoms with Gasteiger partial charge in [0.25, 0.3) is 5.91 Å². The summed E-state index contributed by atoms with van der Waals surface area (Å²) in [6, 6.07) is 3.87. The number of hydrogen-bond donors (Lipinski definition) is 1. The van der Waals surface area contributed by atoms with Gasteiger partial charge in [-0.3, -0.25) is 9.48 Å². The second-order valence-electron chi connectivity index (χ2n) is 5.42. The SMILES string of the molecule is Cn1nccc1C(=O)NC1CCN(c2nccnc2C#N)CC1. The maximum atomic E-state index is 12.2. The number of anilines is 1. The Bertz CT molecular complexity index is 740. The molecule has 3 rings (SSSR count). The van der Waals surface area contributed by atoms with E-state index in [0.717, 1.165) is 25.9 Å². The molecule has 0 atom stereocenters. The smallest absolute Gasteiger partial charge is 0.269 e. The Labute approximate surface area is 133 Å². The molecule has 1 N–H and O–H groups in total. The normalized spacial score (nSPS) is 15.2. The van der Waals surface area contributed by atoms with Crippen molar-refractivity contribution in [1.82, 2.24) is 25.1 Å². The van der Waals surface area contributed by atoms with Crippen LogP contribution in [0.3, 0.4) is 0 Å². The number of hydrogen-bond acceptors (Lipinski definition) is 6. The van der Waals surface area contributed by atoms with Gasteiger partial charge in [0.2, 0.25) is 0 Å². The summed E-state index contributed by atoms with van der Waals surface area (Å²) in [5, 5.41) is 16.1. The molecule has 0 aromatic carbocycles. The van der Waals surface area contributed by atoms with Crippen LogP contribution in [0.25, 0.3) is 0 Å². The molecule has 0 saturated carbocycles. The Kier molecular flexibility index (Phi) is 4.19. The van der Waals surface area contributed by atoms with Crippen LogP contribution in [-0.4, -0.2) is 44.8 Å². The summed E-state index contributed by atoms with van der Waals surface area (Å²) >= 11 is 0. The van der Waals surface area contributed by atoms with Crippen molar-refractivity contribution in [2.24, 2.45) is 7.05 Å². The van der Waals surface area contributed by atoms with E-state index >= 15 is 0 Å². The molecule has 1 aliphatic heterocycles. The van der Waals surface area contributed by atoms with E-state index in [1.807, 2.05) is 4.90 Å². The first-order valence-electron chi connectivity index (χ1n) is 7.44. The maximum absolute atomic E-state index is 12.2. The quantitative estimate of drug-likeness (QED) is 0.885. The second kappa shape index (κ2) is 6.44. The number of amides is 1. The molecule has 8 nitrogen and oxygen atoms in total. The molecule has 1 fully saturated rings. The first-order valence-corrected chi connectivity index (χ1v) is 7.44. The summed E-state index contributed by atoms with van der Waals surface area (Å²) in [6.45, 7) is 1.45. The topological polar surface area (TPSA) is 99.7 Å². The van der Waals surface area contributed by atoms with E-state index in [-0.39, 0.29) is 11.9 Å². The average Bonchev–Trinajstić information content (AvgIpc) is 3.02. The zero-order valence-electron chi connectivity index (χ0n) is 12.8. The van der Waals surface area contributed by atoms with Gasteiger partial charge in [0.05, 0.1) is 0 Å². The minimum Gasteiger partial charge on any atom is -0.354 e. The monoisotopic (exact) mass is 311 g/mol. The van der Waals surface area contributed by atoms with Crippen LogP contribution >= 0.6 is 0 Å². The van der Waals surface area contributed by atoms with Crippen molar-refractivity contribution in [2.45, 2.75) is 18.9 Å². The number of piperidine rings is 1. The average molecular weight is 311 g/mol. The lowest BCUT2D eigenvalue weighted by atomic mass is 10.0. The Morgan fingerprint density at radius 1 is 1.30 bits per heavy atom. The van der Waals surface area contributed by atoms with E-state index in [4.69, 9.17) is 5.26 Å². The Morgan fingerprint density at radius 2 is 2.04 bits per heavy atom. The number of rotatable bonds is 3. The van der Waals surface area contributed by atoms with Gasteiger partial charge in [-0.2, -0.15) is 10.4 Å². The molecular formula is C15H17N7O. The molecule has 8 heteroatoms. The number of carbonyl (C=O) groups is 1. The minimum absolute atomic E-state index is 0.107. The van der Waals surface area contributed by atoms with Gasteiger partial charge in [-0.05, 0) is 18.9 Å². The van der Waals surface area contributed by atoms with Gasteiger partial charge >= 0.3 is 0 Å². The zero-order chi connectivity index (χ0) is 16.2. The van der Waals surface area contributed by atoms with Crippen LogP contribution in [0.1, 0.15) is 29.0 Å².